The minimum atomic E-state index is -1.36. The first-order chi connectivity index (χ1) is 14.0. The number of aldehydes is 1. The lowest BCUT2D eigenvalue weighted by atomic mass is 9.61. The number of hydrogen-bond donors (Lipinski definition) is 1. The smallest absolute Gasteiger partial charge is 0.410 e. The Bertz CT molecular complexity index is 923. The lowest BCUT2D eigenvalue weighted by Crippen LogP contribution is -2.66. The molecule has 1 amide bonds. The Morgan fingerprint density at radius 2 is 1.77 bits per heavy atom. The van der Waals surface area contributed by atoms with Crippen LogP contribution in [0.2, 0.25) is 0 Å². The van der Waals surface area contributed by atoms with Gasteiger partial charge in [0.05, 0.1) is 0 Å². The fourth-order valence-corrected chi connectivity index (χ4v) is 4.16. The molecule has 1 fully saturated rings. The van der Waals surface area contributed by atoms with Crippen molar-refractivity contribution in [3.05, 3.63) is 70.8 Å². The predicted octanol–water partition coefficient (Wildman–Crippen LogP) is 4.55. The van der Waals surface area contributed by atoms with Crippen LogP contribution < -0.4 is 0 Å². The van der Waals surface area contributed by atoms with Crippen molar-refractivity contribution in [1.82, 2.24) is 4.90 Å². The number of amides is 1. The van der Waals surface area contributed by atoms with Crippen molar-refractivity contribution in [3.8, 4) is 0 Å². The highest BCUT2D eigenvalue weighted by molar-refractivity contribution is 5.75. The van der Waals surface area contributed by atoms with Gasteiger partial charge in [0.15, 0.2) is 0 Å². The molecule has 0 saturated carbocycles. The van der Waals surface area contributed by atoms with E-state index in [-0.39, 0.29) is 6.09 Å². The number of benzene rings is 2. The van der Waals surface area contributed by atoms with E-state index in [1.165, 1.54) is 5.56 Å². The first kappa shape index (κ1) is 22.0. The van der Waals surface area contributed by atoms with E-state index in [0.717, 1.165) is 18.3 Å². The molecule has 3 rings (SSSR count). The summed E-state index contributed by atoms with van der Waals surface area (Å²) in [5.41, 5.74) is 0.487. The number of hydrogen-bond acceptors (Lipinski definition) is 4. The van der Waals surface area contributed by atoms with Crippen LogP contribution in [0.15, 0.2) is 48.5 Å². The number of ether oxygens (including phenoxy) is 1. The van der Waals surface area contributed by atoms with Crippen molar-refractivity contribution in [2.75, 3.05) is 13.1 Å². The molecule has 1 saturated heterocycles. The van der Waals surface area contributed by atoms with Gasteiger partial charge in [-0.05, 0) is 49.9 Å². The van der Waals surface area contributed by atoms with Crippen LogP contribution in [0.1, 0.15) is 61.7 Å². The maximum absolute atomic E-state index is 12.5. The molecule has 1 aliphatic heterocycles. The summed E-state index contributed by atoms with van der Waals surface area (Å²) >= 11 is 0. The van der Waals surface area contributed by atoms with Gasteiger partial charge in [-0.3, -0.25) is 4.79 Å². The predicted molar refractivity (Wildman–Crippen MR) is 117 cm³/mol. The molecule has 1 aliphatic rings. The van der Waals surface area contributed by atoms with E-state index in [4.69, 9.17) is 4.74 Å². The minimum absolute atomic E-state index is 0.346. The molecule has 0 aliphatic carbocycles. The van der Waals surface area contributed by atoms with Crippen LogP contribution in [0, 0.1) is 5.41 Å². The summed E-state index contributed by atoms with van der Waals surface area (Å²) in [4.78, 5) is 25.5. The van der Waals surface area contributed by atoms with Gasteiger partial charge >= 0.3 is 6.09 Å². The van der Waals surface area contributed by atoms with Crippen molar-refractivity contribution < 1.29 is 19.4 Å². The molecule has 5 nitrogen and oxygen atoms in total. The second kappa shape index (κ2) is 7.88. The number of aryl methyl sites for hydroxylation is 1. The highest BCUT2D eigenvalue weighted by Crippen LogP contribution is 2.50. The molecule has 2 aromatic rings. The second-order valence-electron chi connectivity index (χ2n) is 9.40. The van der Waals surface area contributed by atoms with Crippen LogP contribution in [0.4, 0.5) is 4.79 Å². The summed E-state index contributed by atoms with van der Waals surface area (Å²) in [6.07, 6.45) is 1.30. The van der Waals surface area contributed by atoms with Crippen LogP contribution in [0.5, 0.6) is 0 Å². The molecular formula is C25H31NO4. The van der Waals surface area contributed by atoms with Gasteiger partial charge in [-0.1, -0.05) is 56.3 Å². The molecule has 1 atom stereocenters. The Morgan fingerprint density at radius 3 is 2.30 bits per heavy atom. The molecule has 0 unspecified atom stereocenters. The van der Waals surface area contributed by atoms with Crippen LogP contribution in [0.3, 0.4) is 0 Å². The third-order valence-electron chi connectivity index (χ3n) is 5.83. The molecule has 160 valence electrons. The topological polar surface area (TPSA) is 66.8 Å². The minimum Gasteiger partial charge on any atom is -0.444 e. The summed E-state index contributed by atoms with van der Waals surface area (Å²) in [6.45, 7) is 10.2. The second-order valence-corrected chi connectivity index (χ2v) is 9.40. The molecule has 2 aromatic carbocycles. The number of rotatable bonds is 5. The average Bonchev–Trinajstić information content (AvgIpc) is 2.69. The van der Waals surface area contributed by atoms with Crippen molar-refractivity contribution in [1.29, 1.82) is 0 Å². The first-order valence-corrected chi connectivity index (χ1v) is 10.4. The molecule has 5 heteroatoms. The Balaban J connectivity index is 2.00. The van der Waals surface area contributed by atoms with E-state index in [1.807, 2.05) is 58.0 Å². The zero-order valence-electron chi connectivity index (χ0n) is 18.4. The van der Waals surface area contributed by atoms with Crippen LogP contribution in [-0.4, -0.2) is 41.1 Å². The molecule has 30 heavy (non-hydrogen) atoms. The number of likely N-dealkylation sites (tertiary alicyclic amines) is 1. The first-order valence-electron chi connectivity index (χ1n) is 10.4. The monoisotopic (exact) mass is 409 g/mol. The van der Waals surface area contributed by atoms with Crippen molar-refractivity contribution >= 4 is 12.4 Å². The Hall–Kier alpha value is -2.66. The maximum atomic E-state index is 12.5. The SMILES string of the molecule is CCc1ccc([C@](O)(c2cccc(C=O)c2)C2(C)CN(C(=O)OC(C)(C)C)C2)cc1. The summed E-state index contributed by atoms with van der Waals surface area (Å²) < 4.78 is 5.48. The van der Waals surface area contributed by atoms with Gasteiger partial charge in [-0.2, -0.15) is 0 Å². The highest BCUT2D eigenvalue weighted by atomic mass is 16.6. The summed E-state index contributed by atoms with van der Waals surface area (Å²) in [7, 11) is 0. The van der Waals surface area contributed by atoms with E-state index in [1.54, 1.807) is 23.1 Å². The van der Waals surface area contributed by atoms with Gasteiger partial charge in [0, 0.05) is 24.1 Å². The van der Waals surface area contributed by atoms with Crippen molar-refractivity contribution in [3.63, 3.8) is 0 Å². The lowest BCUT2D eigenvalue weighted by molar-refractivity contribution is -0.131. The van der Waals surface area contributed by atoms with Gasteiger partial charge in [-0.25, -0.2) is 4.79 Å². The maximum Gasteiger partial charge on any atom is 0.410 e. The van der Waals surface area contributed by atoms with Gasteiger partial charge < -0.3 is 14.7 Å². The molecule has 0 aromatic heterocycles. The molecule has 0 spiro atoms. The number of carbonyl (C=O) groups excluding carboxylic acids is 2. The quantitative estimate of drug-likeness (QED) is 0.736. The zero-order chi connectivity index (χ0) is 22.2. The molecule has 0 bridgehead atoms. The van der Waals surface area contributed by atoms with E-state index in [2.05, 4.69) is 6.92 Å². The van der Waals surface area contributed by atoms with Crippen LogP contribution >= 0.6 is 0 Å². The summed E-state index contributed by atoms with van der Waals surface area (Å²) in [6, 6.07) is 15.0. The lowest BCUT2D eigenvalue weighted by Gasteiger charge is -2.56. The summed E-state index contributed by atoms with van der Waals surface area (Å²) in [5, 5.41) is 12.2. The van der Waals surface area contributed by atoms with Crippen LogP contribution in [0.25, 0.3) is 0 Å². The van der Waals surface area contributed by atoms with Gasteiger partial charge in [0.2, 0.25) is 0 Å². The van der Waals surface area contributed by atoms with Crippen molar-refractivity contribution in [2.45, 2.75) is 52.2 Å². The fraction of sp³-hybridized carbons (Fsp3) is 0.440. The normalized spacial score (nSPS) is 17.6. The van der Waals surface area contributed by atoms with E-state index in [0.29, 0.717) is 24.2 Å². The van der Waals surface area contributed by atoms with E-state index < -0.39 is 16.6 Å². The molecule has 1 N–H and O–H groups in total. The van der Waals surface area contributed by atoms with Gasteiger partial charge in [-0.15, -0.1) is 0 Å². The standard InChI is InChI=1S/C25H31NO4/c1-6-18-10-12-20(13-11-18)25(29,21-9-7-8-19(14-21)15-27)24(5)16-26(17-24)22(28)30-23(2,3)4/h7-15,29H,6,16-17H2,1-5H3/t25-/m0/s1. The molecule has 0 radical (unpaired) electrons. The van der Waals surface area contributed by atoms with Gasteiger partial charge in [0.1, 0.15) is 17.5 Å². The zero-order valence-corrected chi connectivity index (χ0v) is 18.4. The van der Waals surface area contributed by atoms with E-state index in [9.17, 15) is 14.7 Å². The Morgan fingerprint density at radius 1 is 1.13 bits per heavy atom. The number of nitrogens with zero attached hydrogens (tertiary/aromatic N) is 1. The third kappa shape index (κ3) is 3.99. The Labute approximate surface area is 178 Å². The largest absolute Gasteiger partial charge is 0.444 e. The van der Waals surface area contributed by atoms with E-state index >= 15 is 0 Å². The Kier molecular flexibility index (Phi) is 5.79. The third-order valence-corrected chi connectivity index (χ3v) is 5.83. The average molecular weight is 410 g/mol. The molecule has 1 heterocycles. The van der Waals surface area contributed by atoms with Crippen LogP contribution in [-0.2, 0) is 16.8 Å². The fourth-order valence-electron chi connectivity index (χ4n) is 4.16. The molecular weight excluding hydrogens is 378 g/mol. The van der Waals surface area contributed by atoms with Gasteiger partial charge in [0.25, 0.3) is 0 Å². The number of carbonyl (C=O) groups is 2. The summed E-state index contributed by atoms with van der Waals surface area (Å²) in [5.74, 6) is 0. The number of aliphatic hydroxyl groups is 1. The highest BCUT2D eigenvalue weighted by Gasteiger charge is 2.57. The van der Waals surface area contributed by atoms with Crippen molar-refractivity contribution in [2.24, 2.45) is 5.41 Å².